The van der Waals surface area contributed by atoms with E-state index in [0.717, 1.165) is 5.56 Å². The molecule has 0 unspecified atom stereocenters. The molecular formula is C11H12O4S2. The van der Waals surface area contributed by atoms with E-state index in [1.807, 2.05) is 0 Å². The summed E-state index contributed by atoms with van der Waals surface area (Å²) in [6.07, 6.45) is 2.87. The molecule has 0 radical (unpaired) electrons. The zero-order valence-corrected chi connectivity index (χ0v) is 11.0. The third-order valence-corrected chi connectivity index (χ3v) is 1.82. The van der Waals surface area contributed by atoms with Crippen LogP contribution in [0.2, 0.25) is 0 Å². The molecule has 0 heterocycles. The summed E-state index contributed by atoms with van der Waals surface area (Å²) in [5.74, 6) is -0.00299. The van der Waals surface area contributed by atoms with E-state index in [2.05, 4.69) is 27.1 Å². The van der Waals surface area contributed by atoms with Gasteiger partial charge in [-0.15, -0.1) is 0 Å². The molecule has 0 atom stereocenters. The van der Waals surface area contributed by atoms with Gasteiger partial charge in [-0.1, -0.05) is 6.07 Å². The van der Waals surface area contributed by atoms with Gasteiger partial charge in [-0.05, 0) is 23.8 Å². The number of esters is 1. The van der Waals surface area contributed by atoms with Crippen LogP contribution in [0.4, 0.5) is 0 Å². The summed E-state index contributed by atoms with van der Waals surface area (Å²) < 4.78 is 9.36. The number of phenolic OH excluding ortho intramolecular Hbond substituents is 1. The van der Waals surface area contributed by atoms with E-state index >= 15 is 0 Å². The highest BCUT2D eigenvalue weighted by molar-refractivity contribution is 8.07. The zero-order valence-electron chi connectivity index (χ0n) is 9.38. The smallest absolute Gasteiger partial charge is 0.330 e. The summed E-state index contributed by atoms with van der Waals surface area (Å²) in [7, 11) is 2.77. The molecule has 1 rings (SSSR count). The molecule has 0 aromatic heterocycles. The van der Waals surface area contributed by atoms with E-state index in [1.165, 1.54) is 26.4 Å². The molecule has 0 aliphatic carbocycles. The number of methoxy groups -OCH3 is 2. The average Bonchev–Trinajstić information content (AvgIpc) is 2.39. The monoisotopic (exact) mass is 272 g/mol. The highest BCUT2D eigenvalue weighted by Gasteiger charge is 2.00. The van der Waals surface area contributed by atoms with Crippen LogP contribution in [0.15, 0.2) is 24.3 Å². The fourth-order valence-electron chi connectivity index (χ4n) is 1.03. The first-order chi connectivity index (χ1) is 8.17. The van der Waals surface area contributed by atoms with Gasteiger partial charge in [0.2, 0.25) is 0 Å². The van der Waals surface area contributed by atoms with Gasteiger partial charge < -0.3 is 14.6 Å². The molecule has 0 saturated heterocycles. The summed E-state index contributed by atoms with van der Waals surface area (Å²) >= 11 is 7.33. The quantitative estimate of drug-likeness (QED) is 0.666. The fourth-order valence-corrected chi connectivity index (χ4v) is 1.03. The second-order valence-corrected chi connectivity index (χ2v) is 2.79. The summed E-state index contributed by atoms with van der Waals surface area (Å²) in [6, 6.07) is 4.78. The van der Waals surface area contributed by atoms with E-state index in [1.54, 1.807) is 18.2 Å². The Bertz CT molecular complexity index is 404. The number of carbonyl (C=O) groups excluding carboxylic acids is 1. The molecule has 92 valence electrons. The van der Waals surface area contributed by atoms with Crippen molar-refractivity contribution in [3.63, 3.8) is 0 Å². The Morgan fingerprint density at radius 2 is 2.00 bits per heavy atom. The van der Waals surface area contributed by atoms with Gasteiger partial charge >= 0.3 is 5.97 Å². The van der Waals surface area contributed by atoms with Crippen molar-refractivity contribution in [1.29, 1.82) is 0 Å². The number of ether oxygens (including phenoxy) is 2. The minimum absolute atomic E-state index is 0.0627. The highest BCUT2D eigenvalue weighted by Crippen LogP contribution is 2.26. The van der Waals surface area contributed by atoms with E-state index in [4.69, 9.17) is 4.74 Å². The number of benzene rings is 1. The van der Waals surface area contributed by atoms with Crippen LogP contribution in [-0.2, 0) is 31.9 Å². The molecule has 6 heteroatoms. The number of hydrogen-bond donors (Lipinski definition) is 1. The molecule has 0 saturated carbocycles. The van der Waals surface area contributed by atoms with Crippen LogP contribution in [0.25, 0.3) is 6.08 Å². The van der Waals surface area contributed by atoms with Crippen LogP contribution < -0.4 is 4.74 Å². The van der Waals surface area contributed by atoms with Crippen LogP contribution in [0.3, 0.4) is 0 Å². The maximum absolute atomic E-state index is 10.8. The summed E-state index contributed by atoms with van der Waals surface area (Å²) in [4.78, 5) is 10.8. The van der Waals surface area contributed by atoms with Crippen LogP contribution in [0.1, 0.15) is 5.56 Å². The molecule has 0 aliphatic rings. The number of hydrogen-bond acceptors (Lipinski definition) is 6. The van der Waals surface area contributed by atoms with Crippen molar-refractivity contribution >= 4 is 34.4 Å². The van der Waals surface area contributed by atoms with Crippen molar-refractivity contribution in [2.75, 3.05) is 14.2 Å². The Morgan fingerprint density at radius 3 is 2.53 bits per heavy atom. The lowest BCUT2D eigenvalue weighted by molar-refractivity contribution is -0.134. The molecule has 1 N–H and O–H groups in total. The zero-order chi connectivity index (χ0) is 13.3. The van der Waals surface area contributed by atoms with Gasteiger partial charge in [0, 0.05) is 28.5 Å². The standard InChI is InChI=1S/C11H12O4.S2/c1-14-10-7-8(3-5-9(10)12)4-6-11(13)15-2;1-2/h3-7,12H,1-2H3;/b6-4+;. The maximum Gasteiger partial charge on any atom is 0.330 e. The lowest BCUT2D eigenvalue weighted by Gasteiger charge is -2.03. The molecule has 0 amide bonds. The number of carbonyl (C=O) groups is 1. The van der Waals surface area contributed by atoms with Crippen molar-refractivity contribution < 1.29 is 19.4 Å². The summed E-state index contributed by atoms with van der Waals surface area (Å²) in [5, 5.41) is 9.32. The van der Waals surface area contributed by atoms with Gasteiger partial charge in [-0.3, -0.25) is 0 Å². The number of rotatable bonds is 3. The second kappa shape index (κ2) is 8.60. The Labute approximate surface area is 110 Å². The van der Waals surface area contributed by atoms with E-state index in [0.29, 0.717) is 5.75 Å². The lowest BCUT2D eigenvalue weighted by Crippen LogP contribution is -1.93. The van der Waals surface area contributed by atoms with Gasteiger partial charge in [-0.25, -0.2) is 4.79 Å². The summed E-state index contributed by atoms with van der Waals surface area (Å²) in [6.45, 7) is 0. The molecule has 0 fully saturated rings. The molecule has 4 nitrogen and oxygen atoms in total. The van der Waals surface area contributed by atoms with Crippen LogP contribution in [-0.4, -0.2) is 25.3 Å². The van der Waals surface area contributed by atoms with E-state index in [9.17, 15) is 9.90 Å². The molecule has 0 aliphatic heterocycles. The Kier molecular flexibility index (Phi) is 7.83. The Morgan fingerprint density at radius 1 is 1.35 bits per heavy atom. The van der Waals surface area contributed by atoms with E-state index in [-0.39, 0.29) is 5.75 Å². The van der Waals surface area contributed by atoms with Gasteiger partial charge in [0.15, 0.2) is 11.5 Å². The highest BCUT2D eigenvalue weighted by atomic mass is 32.8. The van der Waals surface area contributed by atoms with Gasteiger partial charge in [0.1, 0.15) is 0 Å². The SMILES string of the molecule is COC(=O)/C=C/c1ccc(O)c(OC)c1.S=S. The molecule has 0 spiro atoms. The third kappa shape index (κ3) is 5.37. The average molecular weight is 272 g/mol. The fraction of sp³-hybridized carbons (Fsp3) is 0.182. The topological polar surface area (TPSA) is 55.8 Å². The predicted octanol–water partition coefficient (Wildman–Crippen LogP) is 1.58. The Balaban J connectivity index is 0.00000121. The predicted molar refractivity (Wildman–Crippen MR) is 70.4 cm³/mol. The van der Waals surface area contributed by atoms with Gasteiger partial charge in [-0.2, -0.15) is 0 Å². The van der Waals surface area contributed by atoms with Crippen molar-refractivity contribution in [2.24, 2.45) is 0 Å². The minimum Gasteiger partial charge on any atom is -0.504 e. The molecule has 1 aromatic rings. The number of phenols is 1. The normalized spacial score (nSPS) is 9.29. The first-order valence-corrected chi connectivity index (χ1v) is 5.80. The van der Waals surface area contributed by atoms with Crippen molar-refractivity contribution in [1.82, 2.24) is 0 Å². The first-order valence-electron chi connectivity index (χ1n) is 4.47. The van der Waals surface area contributed by atoms with Crippen molar-refractivity contribution in [3.05, 3.63) is 29.8 Å². The maximum atomic E-state index is 10.8. The molecule has 17 heavy (non-hydrogen) atoms. The van der Waals surface area contributed by atoms with Crippen molar-refractivity contribution in [2.45, 2.75) is 0 Å². The lowest BCUT2D eigenvalue weighted by atomic mass is 10.2. The molecular weight excluding hydrogens is 260 g/mol. The largest absolute Gasteiger partial charge is 0.504 e. The molecule has 1 aromatic carbocycles. The van der Waals surface area contributed by atoms with Crippen LogP contribution in [0, 0.1) is 0 Å². The van der Waals surface area contributed by atoms with Gasteiger partial charge in [0.05, 0.1) is 14.2 Å². The first kappa shape index (κ1) is 15.5. The van der Waals surface area contributed by atoms with Gasteiger partial charge in [0.25, 0.3) is 0 Å². The third-order valence-electron chi connectivity index (χ3n) is 1.82. The Hall–Kier alpha value is -1.53. The second-order valence-electron chi connectivity index (χ2n) is 2.79. The molecule has 0 bridgehead atoms. The van der Waals surface area contributed by atoms with Crippen LogP contribution in [0.5, 0.6) is 11.5 Å². The van der Waals surface area contributed by atoms with Crippen molar-refractivity contribution in [3.8, 4) is 11.5 Å². The summed E-state index contributed by atoms with van der Waals surface area (Å²) in [5.41, 5.74) is 0.745. The van der Waals surface area contributed by atoms with Crippen LogP contribution >= 0.6 is 0 Å². The van der Waals surface area contributed by atoms with E-state index < -0.39 is 5.97 Å². The minimum atomic E-state index is -0.429. The number of aromatic hydroxyl groups is 1.